The Hall–Kier alpha value is 0.0700. The van der Waals surface area contributed by atoms with Gasteiger partial charge in [0.2, 0.25) is 0 Å². The standard InChI is InChI=1S/C10H15Cl2F3O/c1-10(12,6-15)9(16)3-2-7(4-13)8(11)5-14/h4,8-9,16H,2-3,5-6H2,1H3/b7-4-/t8-,9-,10-/m1/s1. The molecule has 0 fully saturated rings. The Labute approximate surface area is 103 Å². The van der Waals surface area contributed by atoms with Crippen molar-refractivity contribution in [3.05, 3.63) is 11.9 Å². The first kappa shape index (κ1) is 16.1. The van der Waals surface area contributed by atoms with Crippen LogP contribution in [0.1, 0.15) is 19.8 Å². The van der Waals surface area contributed by atoms with Crippen LogP contribution in [0.4, 0.5) is 13.2 Å². The molecule has 96 valence electrons. The molecule has 0 saturated heterocycles. The summed E-state index contributed by atoms with van der Waals surface area (Å²) >= 11 is 11.2. The van der Waals surface area contributed by atoms with Crippen LogP contribution in [-0.2, 0) is 0 Å². The fourth-order valence-corrected chi connectivity index (χ4v) is 1.34. The average Bonchev–Trinajstić information content (AvgIpc) is 2.28. The minimum Gasteiger partial charge on any atom is -0.391 e. The molecule has 0 aromatic heterocycles. The summed E-state index contributed by atoms with van der Waals surface area (Å²) in [4.78, 5) is -1.40. The normalized spacial score (nSPS) is 20.3. The lowest BCUT2D eigenvalue weighted by Crippen LogP contribution is -2.36. The summed E-state index contributed by atoms with van der Waals surface area (Å²) in [6.07, 6.45) is -0.857. The van der Waals surface area contributed by atoms with E-state index in [9.17, 15) is 18.3 Å². The Morgan fingerprint density at radius 2 is 2.06 bits per heavy atom. The van der Waals surface area contributed by atoms with Crippen LogP contribution in [0, 0.1) is 0 Å². The first-order chi connectivity index (χ1) is 7.38. The zero-order chi connectivity index (χ0) is 12.8. The smallest absolute Gasteiger partial charge is 0.111 e. The third kappa shape index (κ3) is 4.93. The van der Waals surface area contributed by atoms with Crippen molar-refractivity contribution >= 4 is 23.2 Å². The molecular weight excluding hydrogens is 264 g/mol. The second-order valence-corrected chi connectivity index (χ2v) is 5.16. The van der Waals surface area contributed by atoms with Gasteiger partial charge in [-0.25, -0.2) is 13.2 Å². The quantitative estimate of drug-likeness (QED) is 0.707. The maximum absolute atomic E-state index is 12.4. The van der Waals surface area contributed by atoms with E-state index in [1.165, 1.54) is 6.92 Å². The fraction of sp³-hybridized carbons (Fsp3) is 0.800. The van der Waals surface area contributed by atoms with Crippen molar-refractivity contribution in [2.75, 3.05) is 13.3 Å². The van der Waals surface area contributed by atoms with Crippen LogP contribution >= 0.6 is 23.2 Å². The second kappa shape index (κ2) is 7.41. The van der Waals surface area contributed by atoms with Gasteiger partial charge in [0.05, 0.1) is 22.7 Å². The zero-order valence-corrected chi connectivity index (χ0v) is 10.4. The van der Waals surface area contributed by atoms with Crippen LogP contribution in [0.5, 0.6) is 0 Å². The van der Waals surface area contributed by atoms with E-state index in [-0.39, 0.29) is 24.7 Å². The predicted molar refractivity (Wildman–Crippen MR) is 60.3 cm³/mol. The zero-order valence-electron chi connectivity index (χ0n) is 8.90. The molecule has 0 bridgehead atoms. The van der Waals surface area contributed by atoms with Gasteiger partial charge in [-0.3, -0.25) is 0 Å². The topological polar surface area (TPSA) is 20.2 Å². The third-order valence-electron chi connectivity index (χ3n) is 2.34. The molecule has 0 heterocycles. The lowest BCUT2D eigenvalue weighted by Gasteiger charge is -2.25. The van der Waals surface area contributed by atoms with Gasteiger partial charge >= 0.3 is 0 Å². The van der Waals surface area contributed by atoms with Gasteiger partial charge in [0, 0.05) is 0 Å². The number of rotatable bonds is 7. The van der Waals surface area contributed by atoms with E-state index >= 15 is 0 Å². The Bertz CT molecular complexity index is 234. The number of hydrogen-bond acceptors (Lipinski definition) is 1. The molecule has 1 N–H and O–H groups in total. The van der Waals surface area contributed by atoms with Crippen molar-refractivity contribution < 1.29 is 18.3 Å². The van der Waals surface area contributed by atoms with E-state index in [2.05, 4.69) is 0 Å². The number of allylic oxidation sites excluding steroid dienone is 1. The van der Waals surface area contributed by atoms with Crippen LogP contribution in [0.15, 0.2) is 11.9 Å². The van der Waals surface area contributed by atoms with Gasteiger partial charge in [-0.05, 0) is 25.3 Å². The van der Waals surface area contributed by atoms with Gasteiger partial charge in [0.1, 0.15) is 13.3 Å². The Kier molecular flexibility index (Phi) is 7.44. The summed E-state index contributed by atoms with van der Waals surface area (Å²) in [5.74, 6) is 0. The molecule has 16 heavy (non-hydrogen) atoms. The Morgan fingerprint density at radius 3 is 2.44 bits per heavy atom. The van der Waals surface area contributed by atoms with Crippen molar-refractivity contribution in [3.8, 4) is 0 Å². The van der Waals surface area contributed by atoms with Crippen molar-refractivity contribution in [2.45, 2.75) is 36.1 Å². The molecule has 0 aliphatic rings. The molecule has 3 atom stereocenters. The van der Waals surface area contributed by atoms with Gasteiger partial charge in [-0.15, -0.1) is 23.2 Å². The molecule has 6 heteroatoms. The second-order valence-electron chi connectivity index (χ2n) is 3.77. The van der Waals surface area contributed by atoms with Crippen LogP contribution in [0.25, 0.3) is 0 Å². The summed E-state index contributed by atoms with van der Waals surface area (Å²) in [7, 11) is 0. The summed E-state index contributed by atoms with van der Waals surface area (Å²) in [6, 6.07) is 0. The average molecular weight is 279 g/mol. The van der Waals surface area contributed by atoms with E-state index in [0.717, 1.165) is 0 Å². The molecule has 0 aliphatic heterocycles. The number of halogens is 5. The molecule has 0 aromatic rings. The summed E-state index contributed by atoms with van der Waals surface area (Å²) < 4.78 is 36.9. The van der Waals surface area contributed by atoms with Crippen LogP contribution in [0.2, 0.25) is 0 Å². The molecule has 0 aliphatic carbocycles. The molecule has 0 aromatic carbocycles. The van der Waals surface area contributed by atoms with Crippen LogP contribution in [0.3, 0.4) is 0 Å². The highest BCUT2D eigenvalue weighted by Crippen LogP contribution is 2.26. The minimum atomic E-state index is -1.40. The number of alkyl halides is 4. The SMILES string of the molecule is C[C@@](Cl)(CF)[C@H](O)CC/C(=C/F)[C@H](Cl)CF. The van der Waals surface area contributed by atoms with E-state index in [1.807, 2.05) is 0 Å². The lowest BCUT2D eigenvalue weighted by atomic mass is 9.97. The number of aliphatic hydroxyl groups is 1. The van der Waals surface area contributed by atoms with Crippen molar-refractivity contribution in [3.63, 3.8) is 0 Å². The largest absolute Gasteiger partial charge is 0.391 e. The number of aliphatic hydroxyl groups excluding tert-OH is 1. The van der Waals surface area contributed by atoms with Gasteiger partial charge in [0.15, 0.2) is 0 Å². The van der Waals surface area contributed by atoms with E-state index in [0.29, 0.717) is 0 Å². The molecule has 0 rings (SSSR count). The van der Waals surface area contributed by atoms with Crippen LogP contribution < -0.4 is 0 Å². The van der Waals surface area contributed by atoms with Crippen molar-refractivity contribution in [1.29, 1.82) is 0 Å². The molecule has 0 radical (unpaired) electrons. The molecule has 1 nitrogen and oxygen atoms in total. The van der Waals surface area contributed by atoms with Crippen molar-refractivity contribution in [2.24, 2.45) is 0 Å². The molecular formula is C10H15Cl2F3O. The van der Waals surface area contributed by atoms with Gasteiger partial charge in [-0.2, -0.15) is 0 Å². The maximum Gasteiger partial charge on any atom is 0.111 e. The van der Waals surface area contributed by atoms with Gasteiger partial charge in [0.25, 0.3) is 0 Å². The predicted octanol–water partition coefficient (Wildman–Crippen LogP) is 3.52. The Morgan fingerprint density at radius 1 is 1.50 bits per heavy atom. The lowest BCUT2D eigenvalue weighted by molar-refractivity contribution is 0.108. The summed E-state index contributed by atoms with van der Waals surface area (Å²) in [5.41, 5.74) is 0.0366. The molecule has 0 spiro atoms. The van der Waals surface area contributed by atoms with E-state index in [1.54, 1.807) is 0 Å². The first-order valence-corrected chi connectivity index (χ1v) is 5.62. The van der Waals surface area contributed by atoms with E-state index < -0.39 is 29.7 Å². The first-order valence-electron chi connectivity index (χ1n) is 4.81. The Balaban J connectivity index is 4.23. The highest BCUT2D eigenvalue weighted by atomic mass is 35.5. The third-order valence-corrected chi connectivity index (χ3v) is 3.09. The fourth-order valence-electron chi connectivity index (χ4n) is 1.07. The summed E-state index contributed by atoms with van der Waals surface area (Å²) in [5, 5.41) is 8.47. The highest BCUT2D eigenvalue weighted by Gasteiger charge is 2.30. The van der Waals surface area contributed by atoms with Gasteiger partial charge < -0.3 is 5.11 Å². The van der Waals surface area contributed by atoms with Crippen LogP contribution in [-0.4, -0.2) is 34.8 Å². The highest BCUT2D eigenvalue weighted by molar-refractivity contribution is 6.24. The van der Waals surface area contributed by atoms with Gasteiger partial charge in [-0.1, -0.05) is 0 Å². The molecule has 0 saturated carbocycles. The minimum absolute atomic E-state index is 0.0306. The molecule has 0 unspecified atom stereocenters. The van der Waals surface area contributed by atoms with Crippen molar-refractivity contribution in [1.82, 2.24) is 0 Å². The number of hydrogen-bond donors (Lipinski definition) is 1. The summed E-state index contributed by atoms with van der Waals surface area (Å²) in [6.45, 7) is -0.460. The maximum atomic E-state index is 12.4. The van der Waals surface area contributed by atoms with E-state index in [4.69, 9.17) is 23.2 Å². The monoisotopic (exact) mass is 278 g/mol. The molecule has 0 amide bonds.